The van der Waals surface area contributed by atoms with Crippen molar-refractivity contribution < 1.29 is 178 Å². The van der Waals surface area contributed by atoms with Crippen molar-refractivity contribution >= 4 is 29.6 Å². The number of amides is 3. The molecule has 5 radical (unpaired) electrons. The van der Waals surface area contributed by atoms with E-state index < -0.39 is 5.91 Å². The van der Waals surface area contributed by atoms with Gasteiger partial charge in [0, 0.05) is 176 Å². The second-order valence-electron chi connectivity index (χ2n) is 3.04. The van der Waals surface area contributed by atoms with Gasteiger partial charge in [0.2, 0.25) is 5.91 Å². The Labute approximate surface area is 249 Å². The predicted octanol–water partition coefficient (Wildman–Crippen LogP) is 1.30. The van der Waals surface area contributed by atoms with Crippen molar-refractivity contribution in [1.29, 1.82) is 0 Å². The molecule has 1 aromatic rings. The summed E-state index contributed by atoms with van der Waals surface area (Å²) in [5.41, 5.74) is 7.65. The number of carbonyl (C=O) groups excluding carboxylic acids is 3. The molecule has 0 unspecified atom stereocenters. The summed E-state index contributed by atoms with van der Waals surface area (Å²) in [6.07, 6.45) is 1.45. The van der Waals surface area contributed by atoms with E-state index in [9.17, 15) is 14.4 Å². The zero-order valence-corrected chi connectivity index (χ0v) is 25.5. The summed E-state index contributed by atoms with van der Waals surface area (Å²) >= 11 is 0. The minimum atomic E-state index is -0.902. The van der Waals surface area contributed by atoms with Gasteiger partial charge >= 0.3 is 0 Å². The molecule has 0 heterocycles. The quantitative estimate of drug-likeness (QED) is 0.376. The van der Waals surface area contributed by atoms with E-state index >= 15 is 0 Å². The Morgan fingerprint density at radius 1 is 1.00 bits per heavy atom. The van der Waals surface area contributed by atoms with Gasteiger partial charge in [-0.05, 0) is 11.6 Å². The first-order chi connectivity index (χ1) is 7.52. The fourth-order valence-electron chi connectivity index (χ4n) is 1.17. The third kappa shape index (κ3) is 15.1. The third-order valence-electron chi connectivity index (χ3n) is 1.71. The summed E-state index contributed by atoms with van der Waals surface area (Å²) in [4.78, 5) is 31.8. The van der Waals surface area contributed by atoms with Crippen LogP contribution < -0.4 is 10.6 Å². The summed E-state index contributed by atoms with van der Waals surface area (Å²) in [5, 5.41) is 4.68. The summed E-state index contributed by atoms with van der Waals surface area (Å²) < 4.78 is 0. The number of carbonyl (C=O) groups is 2. The number of benzene rings is 1. The number of hydrogen-bond acceptors (Lipinski definition) is 3. The Balaban J connectivity index is -0.000000171. The molecule has 0 aliphatic carbocycles. The molecule has 1 aromatic carbocycles. The van der Waals surface area contributed by atoms with E-state index in [1.807, 2.05) is 0 Å². The van der Waals surface area contributed by atoms with Gasteiger partial charge in [-0.1, -0.05) is 6.07 Å². The minimum Gasteiger partial charge on any atom is -0.664 e. The van der Waals surface area contributed by atoms with E-state index in [4.69, 9.17) is 5.73 Å². The normalized spacial score (nSPS) is 7.10. The van der Waals surface area contributed by atoms with Crippen LogP contribution in [0.3, 0.4) is 0 Å². The van der Waals surface area contributed by atoms with Gasteiger partial charge in [0.25, 0.3) is 0 Å². The molecule has 0 fully saturated rings. The summed E-state index contributed by atoms with van der Waals surface area (Å²) in [6.45, 7) is 1.31. The van der Waals surface area contributed by atoms with Crippen LogP contribution in [0.5, 0.6) is 0 Å². The summed E-state index contributed by atoms with van der Waals surface area (Å²) in [6, 6.07) is 4.14. The molecule has 1 rings (SSSR count). The molecule has 0 spiro atoms. The number of nitrogens with one attached hydrogen (secondary N) is 3. The molecule has 0 bridgehead atoms. The van der Waals surface area contributed by atoms with Crippen LogP contribution in [-0.4, -0.2) is 18.2 Å². The molecule has 0 aromatic heterocycles. The van der Waals surface area contributed by atoms with E-state index in [0.29, 0.717) is 5.69 Å². The first-order valence-corrected chi connectivity index (χ1v) is 4.34. The van der Waals surface area contributed by atoms with Crippen LogP contribution in [0.25, 0.3) is 5.73 Å². The van der Waals surface area contributed by atoms with Gasteiger partial charge in [-0.15, -0.1) is 11.8 Å². The standard InChI is InChI=1S/C10H10N3O3.5Y/c1-6(15)13-9-3-7(10(11)16)2-8(4-9)12-5-14;;;;;/h2-4H,1H3,(H4,11,12,13,14,15,16);;;;;/q-1;;;;;/p-1. The van der Waals surface area contributed by atoms with Gasteiger partial charge in [0.15, 0.2) is 0 Å². The molecule has 11 heteroatoms. The average Bonchev–Trinajstić information content (AvgIpc) is 2.16. The largest absolute Gasteiger partial charge is 0.664 e. The molecule has 6 nitrogen and oxygen atoms in total. The van der Waals surface area contributed by atoms with Gasteiger partial charge < -0.3 is 26.0 Å². The molecular formula is C10H9N3O3Y5-2. The van der Waals surface area contributed by atoms with Gasteiger partial charge in [-0.3, -0.25) is 4.79 Å². The van der Waals surface area contributed by atoms with Crippen molar-refractivity contribution in [2.24, 2.45) is 0 Å². The SMILES string of the molecule is CC(=O)Nc1cc(N[C-]=O)cc(C([NH-])=O)c1.[Y].[Y].[Y].[Y].[Y]. The maximum absolute atomic E-state index is 10.9. The van der Waals surface area contributed by atoms with Crippen LogP contribution in [0.15, 0.2) is 18.2 Å². The average molecular weight is 664 g/mol. The van der Waals surface area contributed by atoms with E-state index in [1.54, 1.807) is 0 Å². The third-order valence-corrected chi connectivity index (χ3v) is 1.71. The summed E-state index contributed by atoms with van der Waals surface area (Å²) in [7, 11) is 0. The number of hydrogen-bond donors (Lipinski definition) is 2. The van der Waals surface area contributed by atoms with Gasteiger partial charge in [-0.25, -0.2) is 0 Å². The van der Waals surface area contributed by atoms with Crippen molar-refractivity contribution in [3.8, 4) is 0 Å². The first kappa shape index (κ1) is 35.3. The Hall–Kier alpha value is 3.15. The molecule has 0 aliphatic heterocycles. The molecule has 3 N–H and O–H groups in total. The maximum Gasteiger partial charge on any atom is 0.221 e. The Morgan fingerprint density at radius 2 is 1.48 bits per heavy atom. The molecule has 0 saturated heterocycles. The van der Waals surface area contributed by atoms with Gasteiger partial charge in [0.1, 0.15) is 0 Å². The molecular weight excluding hydrogens is 655 g/mol. The second-order valence-corrected chi connectivity index (χ2v) is 3.04. The van der Waals surface area contributed by atoms with E-state index in [1.165, 1.54) is 31.5 Å². The monoisotopic (exact) mass is 664 g/mol. The smallest absolute Gasteiger partial charge is 0.221 e. The maximum atomic E-state index is 10.9. The van der Waals surface area contributed by atoms with Crippen molar-refractivity contribution in [3.05, 3.63) is 29.5 Å². The van der Waals surface area contributed by atoms with Gasteiger partial charge in [-0.2, -0.15) is 0 Å². The zero-order valence-electron chi connectivity index (χ0n) is 11.3. The number of rotatable bonds is 4. The number of anilines is 2. The van der Waals surface area contributed by atoms with Crippen molar-refractivity contribution in [1.82, 2.24) is 0 Å². The van der Waals surface area contributed by atoms with Crippen LogP contribution in [-0.2, 0) is 173 Å². The van der Waals surface area contributed by atoms with Crippen LogP contribution >= 0.6 is 0 Å². The van der Waals surface area contributed by atoms with E-state index in [0.717, 1.165) is 0 Å². The van der Waals surface area contributed by atoms with Crippen LogP contribution in [0, 0.1) is 0 Å². The Morgan fingerprint density at radius 3 is 1.86 bits per heavy atom. The first-order valence-electron chi connectivity index (χ1n) is 4.34. The molecule has 0 aliphatic rings. The molecule has 0 atom stereocenters. The minimum absolute atomic E-state index is 0. The van der Waals surface area contributed by atoms with Gasteiger partial charge in [0.05, 0.1) is 12.3 Å². The fraction of sp³-hybridized carbons (Fsp3) is 0.100. The van der Waals surface area contributed by atoms with E-state index in [2.05, 4.69) is 10.6 Å². The molecule has 21 heavy (non-hydrogen) atoms. The van der Waals surface area contributed by atoms with Crippen molar-refractivity contribution in [2.45, 2.75) is 6.92 Å². The van der Waals surface area contributed by atoms with Crippen molar-refractivity contribution in [3.63, 3.8) is 0 Å². The molecule has 0 saturated carbocycles. The topological polar surface area (TPSA) is 99.1 Å². The van der Waals surface area contributed by atoms with Crippen LogP contribution in [0.1, 0.15) is 17.3 Å². The molecule has 99 valence electrons. The molecule has 3 amide bonds. The fourth-order valence-corrected chi connectivity index (χ4v) is 1.17. The summed E-state index contributed by atoms with van der Waals surface area (Å²) in [5.74, 6) is -1.21. The zero-order chi connectivity index (χ0) is 12.1. The Kier molecular flexibility index (Phi) is 32.7. The van der Waals surface area contributed by atoms with E-state index in [-0.39, 0.29) is 181 Å². The Bertz CT molecular complexity index is 460. The van der Waals surface area contributed by atoms with Crippen LogP contribution in [0.4, 0.5) is 11.4 Å². The van der Waals surface area contributed by atoms with Crippen LogP contribution in [0.2, 0.25) is 0 Å². The second kappa shape index (κ2) is 19.5. The van der Waals surface area contributed by atoms with Crippen molar-refractivity contribution in [2.75, 3.05) is 10.6 Å². The predicted molar refractivity (Wildman–Crippen MR) is 58.7 cm³/mol.